The molecule has 1 amide bonds. The summed E-state index contributed by atoms with van der Waals surface area (Å²) in [5.74, 6) is 0.134. The van der Waals surface area contributed by atoms with E-state index in [1.54, 1.807) is 0 Å². The molecule has 1 saturated heterocycles. The Morgan fingerprint density at radius 1 is 1.30 bits per heavy atom. The molecule has 1 aromatic carbocycles. The van der Waals surface area contributed by atoms with Gasteiger partial charge in [-0.3, -0.25) is 4.79 Å². The molecule has 5 heteroatoms. The average molecular weight is 316 g/mol. The number of nitrogens with one attached hydrogen (secondary N) is 1. The summed E-state index contributed by atoms with van der Waals surface area (Å²) in [6, 6.07) is 6.34. The molecule has 0 radical (unpaired) electrons. The molecule has 2 aliphatic heterocycles. The summed E-state index contributed by atoms with van der Waals surface area (Å²) >= 11 is 0. The van der Waals surface area contributed by atoms with Crippen molar-refractivity contribution in [2.75, 3.05) is 43.4 Å². The number of nitrogens with zero attached hydrogens (tertiary/aromatic N) is 2. The number of likely N-dealkylation sites (tertiary alicyclic amines) is 1. The lowest BCUT2D eigenvalue weighted by Crippen LogP contribution is -2.48. The van der Waals surface area contributed by atoms with Crippen molar-refractivity contribution in [1.29, 1.82) is 0 Å². The van der Waals surface area contributed by atoms with Crippen LogP contribution in [0.25, 0.3) is 0 Å². The smallest absolute Gasteiger partial charge is 0.239 e. The van der Waals surface area contributed by atoms with Gasteiger partial charge < -0.3 is 20.9 Å². The van der Waals surface area contributed by atoms with Gasteiger partial charge in [0.1, 0.15) is 0 Å². The van der Waals surface area contributed by atoms with Gasteiger partial charge in [-0.25, -0.2) is 0 Å². The van der Waals surface area contributed by atoms with Crippen molar-refractivity contribution in [3.05, 3.63) is 23.8 Å². The van der Waals surface area contributed by atoms with Gasteiger partial charge in [-0.05, 0) is 49.9 Å². The van der Waals surface area contributed by atoms with Gasteiger partial charge in [0.2, 0.25) is 5.91 Å². The number of benzene rings is 1. The molecular formula is C18H28N4O. The van der Waals surface area contributed by atoms with Crippen molar-refractivity contribution < 1.29 is 4.79 Å². The molecule has 2 aliphatic rings. The molecular weight excluding hydrogens is 288 g/mol. The number of rotatable bonds is 4. The third kappa shape index (κ3) is 3.78. The highest BCUT2D eigenvalue weighted by Crippen LogP contribution is 2.30. The lowest BCUT2D eigenvalue weighted by atomic mass is 10.00. The molecule has 3 N–H and O–H groups in total. The number of carbonyl (C=O) groups excluding carboxylic acids is 1. The standard InChI is InChI=1S/C18H28N4O/c1-2-21-11-8-14(9-12-21)20-18(23)13-22-10-4-5-15-16(19)6-3-7-17(15)22/h3,6-7,14H,2,4-5,8-13,19H2,1H3,(H,20,23). The van der Waals surface area contributed by atoms with E-state index in [0.717, 1.165) is 63.2 Å². The SMILES string of the molecule is CCN1CCC(NC(=O)CN2CCCc3c(N)cccc32)CC1. The zero-order chi connectivity index (χ0) is 16.2. The van der Waals surface area contributed by atoms with Crippen molar-refractivity contribution >= 4 is 17.3 Å². The zero-order valence-electron chi connectivity index (χ0n) is 14.1. The lowest BCUT2D eigenvalue weighted by Gasteiger charge is -2.34. The van der Waals surface area contributed by atoms with E-state index in [0.29, 0.717) is 12.6 Å². The van der Waals surface area contributed by atoms with Crippen molar-refractivity contribution in [3.63, 3.8) is 0 Å². The zero-order valence-corrected chi connectivity index (χ0v) is 14.1. The van der Waals surface area contributed by atoms with Crippen LogP contribution in [0.15, 0.2) is 18.2 Å². The van der Waals surface area contributed by atoms with Crippen LogP contribution in [0, 0.1) is 0 Å². The Hall–Kier alpha value is -1.75. The van der Waals surface area contributed by atoms with Crippen molar-refractivity contribution in [3.8, 4) is 0 Å². The number of fused-ring (bicyclic) bond motifs is 1. The Balaban J connectivity index is 1.56. The van der Waals surface area contributed by atoms with Gasteiger partial charge in [0.25, 0.3) is 0 Å². The number of piperidine rings is 1. The van der Waals surface area contributed by atoms with Gasteiger partial charge in [-0.15, -0.1) is 0 Å². The molecule has 0 aliphatic carbocycles. The van der Waals surface area contributed by atoms with Crippen LogP contribution in [0.5, 0.6) is 0 Å². The third-order valence-electron chi connectivity index (χ3n) is 5.12. The van der Waals surface area contributed by atoms with E-state index in [-0.39, 0.29) is 5.91 Å². The van der Waals surface area contributed by atoms with Crippen LogP contribution in [-0.4, -0.2) is 49.6 Å². The molecule has 0 saturated carbocycles. The van der Waals surface area contributed by atoms with Crippen molar-refractivity contribution in [1.82, 2.24) is 10.2 Å². The number of hydrogen-bond donors (Lipinski definition) is 2. The molecule has 126 valence electrons. The average Bonchev–Trinajstić information content (AvgIpc) is 2.56. The third-order valence-corrected chi connectivity index (χ3v) is 5.12. The Kier molecular flexibility index (Phi) is 5.06. The molecule has 5 nitrogen and oxygen atoms in total. The molecule has 0 spiro atoms. The maximum absolute atomic E-state index is 12.4. The second-order valence-corrected chi connectivity index (χ2v) is 6.65. The maximum atomic E-state index is 12.4. The number of nitrogens with two attached hydrogens (primary N) is 1. The van der Waals surface area contributed by atoms with Crippen LogP contribution >= 0.6 is 0 Å². The highest BCUT2D eigenvalue weighted by molar-refractivity contribution is 5.82. The molecule has 3 rings (SSSR count). The molecule has 0 aromatic heterocycles. The van der Waals surface area contributed by atoms with Gasteiger partial charge in [0.15, 0.2) is 0 Å². The second-order valence-electron chi connectivity index (χ2n) is 6.65. The molecule has 23 heavy (non-hydrogen) atoms. The molecule has 0 bridgehead atoms. The molecule has 0 atom stereocenters. The lowest BCUT2D eigenvalue weighted by molar-refractivity contribution is -0.120. The van der Waals surface area contributed by atoms with Crippen LogP contribution < -0.4 is 16.0 Å². The highest BCUT2D eigenvalue weighted by Gasteiger charge is 2.23. The predicted octanol–water partition coefficient (Wildman–Crippen LogP) is 1.62. The Morgan fingerprint density at radius 3 is 2.83 bits per heavy atom. The van der Waals surface area contributed by atoms with E-state index in [2.05, 4.69) is 28.1 Å². The van der Waals surface area contributed by atoms with Crippen molar-refractivity contribution in [2.24, 2.45) is 0 Å². The summed E-state index contributed by atoms with van der Waals surface area (Å²) < 4.78 is 0. The first-order chi connectivity index (χ1) is 11.2. The predicted molar refractivity (Wildman–Crippen MR) is 94.7 cm³/mol. The minimum absolute atomic E-state index is 0.134. The Morgan fingerprint density at radius 2 is 2.09 bits per heavy atom. The first-order valence-electron chi connectivity index (χ1n) is 8.81. The number of anilines is 2. The summed E-state index contributed by atoms with van der Waals surface area (Å²) in [4.78, 5) is 17.0. The van der Waals surface area contributed by atoms with Crippen LogP contribution in [0.1, 0.15) is 31.7 Å². The molecule has 2 heterocycles. The molecule has 1 fully saturated rings. The summed E-state index contributed by atoms with van der Waals surface area (Å²) in [6.07, 6.45) is 4.19. The number of carbonyl (C=O) groups is 1. The van der Waals surface area contributed by atoms with E-state index >= 15 is 0 Å². The number of nitrogen functional groups attached to an aromatic ring is 1. The van der Waals surface area contributed by atoms with Crippen LogP contribution in [0.4, 0.5) is 11.4 Å². The van der Waals surface area contributed by atoms with E-state index in [9.17, 15) is 4.79 Å². The summed E-state index contributed by atoms with van der Waals surface area (Å²) in [7, 11) is 0. The fourth-order valence-electron chi connectivity index (χ4n) is 3.73. The van der Waals surface area contributed by atoms with Crippen LogP contribution in [0.2, 0.25) is 0 Å². The quantitative estimate of drug-likeness (QED) is 0.829. The van der Waals surface area contributed by atoms with Gasteiger partial charge in [-0.1, -0.05) is 13.0 Å². The monoisotopic (exact) mass is 316 g/mol. The minimum Gasteiger partial charge on any atom is -0.398 e. The fraction of sp³-hybridized carbons (Fsp3) is 0.611. The molecule has 0 unspecified atom stereocenters. The topological polar surface area (TPSA) is 61.6 Å². The number of hydrogen-bond acceptors (Lipinski definition) is 4. The van der Waals surface area contributed by atoms with E-state index < -0.39 is 0 Å². The van der Waals surface area contributed by atoms with Crippen LogP contribution in [0.3, 0.4) is 0 Å². The highest BCUT2D eigenvalue weighted by atomic mass is 16.2. The van der Waals surface area contributed by atoms with Gasteiger partial charge in [-0.2, -0.15) is 0 Å². The van der Waals surface area contributed by atoms with E-state index in [1.807, 2.05) is 12.1 Å². The van der Waals surface area contributed by atoms with Gasteiger partial charge in [0, 0.05) is 37.1 Å². The summed E-state index contributed by atoms with van der Waals surface area (Å²) in [5.41, 5.74) is 9.25. The first kappa shape index (κ1) is 16.1. The second kappa shape index (κ2) is 7.21. The summed E-state index contributed by atoms with van der Waals surface area (Å²) in [6.45, 7) is 6.84. The van der Waals surface area contributed by atoms with Crippen molar-refractivity contribution in [2.45, 2.75) is 38.6 Å². The largest absolute Gasteiger partial charge is 0.398 e. The first-order valence-corrected chi connectivity index (χ1v) is 8.81. The minimum atomic E-state index is 0.134. The Labute approximate surface area is 138 Å². The Bertz CT molecular complexity index is 552. The van der Waals surface area contributed by atoms with Gasteiger partial charge in [0.05, 0.1) is 6.54 Å². The van der Waals surface area contributed by atoms with Gasteiger partial charge >= 0.3 is 0 Å². The molecule has 1 aromatic rings. The normalized spacial score (nSPS) is 19.4. The summed E-state index contributed by atoms with van der Waals surface area (Å²) in [5, 5.41) is 3.22. The van der Waals surface area contributed by atoms with E-state index in [4.69, 9.17) is 5.73 Å². The van der Waals surface area contributed by atoms with Crippen LogP contribution in [-0.2, 0) is 11.2 Å². The van der Waals surface area contributed by atoms with E-state index in [1.165, 1.54) is 5.56 Å². The maximum Gasteiger partial charge on any atom is 0.239 e. The fourth-order valence-corrected chi connectivity index (χ4v) is 3.73. The number of amides is 1.